The highest BCUT2D eigenvalue weighted by atomic mass is 35.5. The second-order valence-electron chi connectivity index (χ2n) is 5.59. The lowest BCUT2D eigenvalue weighted by atomic mass is 10.2. The Morgan fingerprint density at radius 1 is 1.50 bits per heavy atom. The molecule has 3 rings (SSSR count). The molecule has 2 heterocycles. The first kappa shape index (κ1) is 20.6. The van der Waals surface area contributed by atoms with Crippen LogP contribution in [0.5, 0.6) is 0 Å². The number of rotatable bonds is 4. The van der Waals surface area contributed by atoms with Crippen LogP contribution in [0.3, 0.4) is 0 Å². The van der Waals surface area contributed by atoms with E-state index in [-0.39, 0.29) is 42.6 Å². The fourth-order valence-corrected chi connectivity index (χ4v) is 2.79. The molecule has 2 aromatic rings. The maximum Gasteiger partial charge on any atom is 0.237 e. The van der Waals surface area contributed by atoms with E-state index < -0.39 is 6.10 Å². The van der Waals surface area contributed by atoms with Gasteiger partial charge in [-0.3, -0.25) is 4.79 Å². The Hall–Kier alpha value is -1.41. The zero-order valence-electron chi connectivity index (χ0n) is 13.2. The Kier molecular flexibility index (Phi) is 7.41. The summed E-state index contributed by atoms with van der Waals surface area (Å²) in [6, 6.07) is 4.52. The lowest BCUT2D eigenvalue weighted by Crippen LogP contribution is -2.41. The molecule has 6 nitrogen and oxygen atoms in total. The molecule has 0 saturated carbocycles. The van der Waals surface area contributed by atoms with Crippen LogP contribution in [0.2, 0.25) is 0 Å². The average molecular weight is 379 g/mol. The smallest absolute Gasteiger partial charge is 0.237 e. The van der Waals surface area contributed by atoms with Crippen molar-refractivity contribution < 1.29 is 14.3 Å². The predicted octanol–water partition coefficient (Wildman–Crippen LogP) is 0.938. The fourth-order valence-electron chi connectivity index (χ4n) is 2.79. The Bertz CT molecular complexity index is 710. The van der Waals surface area contributed by atoms with Gasteiger partial charge in [-0.2, -0.15) is 0 Å². The van der Waals surface area contributed by atoms with Crippen molar-refractivity contribution in [3.8, 4) is 0 Å². The molecular weight excluding hydrogens is 358 g/mol. The van der Waals surface area contributed by atoms with Crippen LogP contribution in [0.4, 0.5) is 4.39 Å². The quantitative estimate of drug-likeness (QED) is 0.739. The lowest BCUT2D eigenvalue weighted by molar-refractivity contribution is -0.122. The van der Waals surface area contributed by atoms with Crippen molar-refractivity contribution in [1.29, 1.82) is 0 Å². The summed E-state index contributed by atoms with van der Waals surface area (Å²) in [4.78, 5) is 16.2. The van der Waals surface area contributed by atoms with Gasteiger partial charge in [0.25, 0.3) is 0 Å². The van der Waals surface area contributed by atoms with E-state index in [0.717, 1.165) is 11.3 Å². The number of nitrogens with one attached hydrogen (secondary N) is 2. The van der Waals surface area contributed by atoms with Gasteiger partial charge in [0.05, 0.1) is 17.7 Å². The number of hydrogen-bond donors (Lipinski definition) is 3. The molecule has 24 heavy (non-hydrogen) atoms. The molecule has 2 atom stereocenters. The summed E-state index contributed by atoms with van der Waals surface area (Å²) in [5.41, 5.74) is 1.09. The number of benzene rings is 1. The van der Waals surface area contributed by atoms with Crippen LogP contribution in [0.1, 0.15) is 12.2 Å². The van der Waals surface area contributed by atoms with Gasteiger partial charge in [-0.05, 0) is 18.6 Å². The van der Waals surface area contributed by atoms with E-state index in [2.05, 4.69) is 15.6 Å². The van der Waals surface area contributed by atoms with Crippen molar-refractivity contribution in [2.75, 3.05) is 13.1 Å². The Morgan fingerprint density at radius 2 is 2.25 bits per heavy atom. The first-order valence-corrected chi connectivity index (χ1v) is 7.35. The Labute approximate surface area is 151 Å². The summed E-state index contributed by atoms with van der Waals surface area (Å²) in [5.74, 6) is 0.258. The molecule has 1 amide bonds. The van der Waals surface area contributed by atoms with E-state index in [0.29, 0.717) is 31.4 Å². The molecule has 1 aromatic carbocycles. The van der Waals surface area contributed by atoms with Gasteiger partial charge in [0, 0.05) is 26.6 Å². The third kappa shape index (κ3) is 4.16. The average Bonchev–Trinajstić information content (AvgIpc) is 3.06. The maximum atomic E-state index is 13.7. The van der Waals surface area contributed by atoms with E-state index >= 15 is 0 Å². The molecule has 1 aliphatic rings. The molecule has 1 saturated heterocycles. The van der Waals surface area contributed by atoms with Gasteiger partial charge in [0.15, 0.2) is 5.82 Å². The number of nitrogens with zero attached hydrogens (tertiary/aromatic N) is 2. The van der Waals surface area contributed by atoms with Gasteiger partial charge >= 0.3 is 0 Å². The number of para-hydroxylation sites is 1. The maximum absolute atomic E-state index is 13.7. The number of aliphatic hydroxyl groups excluding tert-OH is 1. The summed E-state index contributed by atoms with van der Waals surface area (Å²) in [7, 11) is 1.83. The second-order valence-corrected chi connectivity index (χ2v) is 5.59. The molecule has 0 bridgehead atoms. The number of aliphatic hydroxyl groups is 1. The highest BCUT2D eigenvalue weighted by Gasteiger charge is 2.27. The predicted molar refractivity (Wildman–Crippen MR) is 94.3 cm³/mol. The number of β-amino-alcohol motifs (C(OH)–C–C–N with tert-alkyl or cyclic N) is 1. The number of aryl methyl sites for hydroxylation is 1. The van der Waals surface area contributed by atoms with E-state index in [1.165, 1.54) is 6.07 Å². The topological polar surface area (TPSA) is 79.2 Å². The van der Waals surface area contributed by atoms with Crippen LogP contribution in [-0.2, 0) is 18.3 Å². The molecule has 3 N–H and O–H groups in total. The minimum atomic E-state index is -0.460. The van der Waals surface area contributed by atoms with E-state index in [1.54, 1.807) is 6.07 Å². The van der Waals surface area contributed by atoms with Crippen LogP contribution >= 0.6 is 24.8 Å². The minimum Gasteiger partial charge on any atom is -0.392 e. The lowest BCUT2D eigenvalue weighted by Gasteiger charge is -2.10. The largest absolute Gasteiger partial charge is 0.392 e. The van der Waals surface area contributed by atoms with Crippen molar-refractivity contribution in [3.63, 3.8) is 0 Å². The highest BCUT2D eigenvalue weighted by molar-refractivity contribution is 5.85. The van der Waals surface area contributed by atoms with Crippen molar-refractivity contribution >= 4 is 41.8 Å². The number of imidazole rings is 1. The number of fused-ring (bicyclic) bond motifs is 1. The van der Waals surface area contributed by atoms with Crippen LogP contribution in [0.25, 0.3) is 11.0 Å². The minimum absolute atomic E-state index is 0. The molecule has 0 radical (unpaired) electrons. The normalized spacial score (nSPS) is 19.6. The van der Waals surface area contributed by atoms with Crippen molar-refractivity contribution in [2.45, 2.75) is 25.0 Å². The number of amides is 1. The van der Waals surface area contributed by atoms with Gasteiger partial charge in [-0.25, -0.2) is 9.37 Å². The molecule has 134 valence electrons. The van der Waals surface area contributed by atoms with Gasteiger partial charge < -0.3 is 20.3 Å². The van der Waals surface area contributed by atoms with E-state index in [1.807, 2.05) is 17.7 Å². The van der Waals surface area contributed by atoms with Crippen molar-refractivity contribution in [1.82, 2.24) is 20.2 Å². The van der Waals surface area contributed by atoms with E-state index in [9.17, 15) is 14.3 Å². The SMILES string of the molecule is Cl.Cl.Cn1c(CCNC(=O)C2CC(O)CN2)nc2c(F)cccc21. The summed E-state index contributed by atoms with van der Waals surface area (Å²) in [6.45, 7) is 0.869. The monoisotopic (exact) mass is 378 g/mol. The zero-order chi connectivity index (χ0) is 15.7. The van der Waals surface area contributed by atoms with Crippen molar-refractivity contribution in [3.05, 3.63) is 29.8 Å². The molecule has 0 aliphatic carbocycles. The third-order valence-corrected chi connectivity index (χ3v) is 4.03. The first-order valence-electron chi connectivity index (χ1n) is 7.35. The van der Waals surface area contributed by atoms with Gasteiger partial charge in [0.1, 0.15) is 11.3 Å². The Morgan fingerprint density at radius 3 is 2.88 bits per heavy atom. The van der Waals surface area contributed by atoms with Crippen LogP contribution < -0.4 is 10.6 Å². The second kappa shape index (κ2) is 8.62. The molecular formula is C15H21Cl2FN4O2. The summed E-state index contributed by atoms with van der Waals surface area (Å²) in [5, 5.41) is 15.2. The summed E-state index contributed by atoms with van der Waals surface area (Å²) >= 11 is 0. The number of halogens is 3. The molecule has 1 aromatic heterocycles. The third-order valence-electron chi connectivity index (χ3n) is 4.03. The number of aromatic nitrogens is 2. The number of hydrogen-bond acceptors (Lipinski definition) is 4. The van der Waals surface area contributed by atoms with Crippen LogP contribution in [0.15, 0.2) is 18.2 Å². The van der Waals surface area contributed by atoms with Crippen LogP contribution in [0, 0.1) is 5.82 Å². The van der Waals surface area contributed by atoms with Gasteiger partial charge in [0.2, 0.25) is 5.91 Å². The summed E-state index contributed by atoms with van der Waals surface area (Å²) < 4.78 is 15.5. The molecule has 2 unspecified atom stereocenters. The van der Waals surface area contributed by atoms with E-state index in [4.69, 9.17) is 0 Å². The van der Waals surface area contributed by atoms with Gasteiger partial charge in [-0.15, -0.1) is 24.8 Å². The van der Waals surface area contributed by atoms with Crippen LogP contribution in [-0.4, -0.2) is 45.8 Å². The number of carbonyl (C=O) groups is 1. The standard InChI is InChI=1S/C15H19FN4O2.2ClH/c1-20-12-4-2-3-10(16)14(12)19-13(20)5-6-17-15(22)11-7-9(21)8-18-11;;/h2-4,9,11,18,21H,5-8H2,1H3,(H,17,22);2*1H. The molecule has 1 fully saturated rings. The number of carbonyl (C=O) groups excluding carboxylic acids is 1. The fraction of sp³-hybridized carbons (Fsp3) is 0.467. The first-order chi connectivity index (χ1) is 10.6. The molecule has 9 heteroatoms. The highest BCUT2D eigenvalue weighted by Crippen LogP contribution is 2.18. The Balaban J connectivity index is 0.00000144. The molecule has 1 aliphatic heterocycles. The zero-order valence-corrected chi connectivity index (χ0v) is 14.8. The summed E-state index contributed by atoms with van der Waals surface area (Å²) in [6.07, 6.45) is 0.494. The van der Waals surface area contributed by atoms with Gasteiger partial charge in [-0.1, -0.05) is 6.07 Å². The molecule has 0 spiro atoms. The van der Waals surface area contributed by atoms with Crippen molar-refractivity contribution in [2.24, 2.45) is 7.05 Å².